The molecule has 1 rings (SSSR count). The van der Waals surface area contributed by atoms with Gasteiger partial charge in [-0.3, -0.25) is 4.79 Å². The lowest BCUT2D eigenvalue weighted by Crippen LogP contribution is -2.54. The van der Waals surface area contributed by atoms with Gasteiger partial charge in [-0.05, 0) is 13.3 Å². The molecule has 1 heterocycles. The molecule has 1 saturated heterocycles. The van der Waals surface area contributed by atoms with Crippen molar-refractivity contribution >= 4 is 11.9 Å². The zero-order chi connectivity index (χ0) is 13.8. The van der Waals surface area contributed by atoms with E-state index < -0.39 is 23.5 Å². The van der Waals surface area contributed by atoms with Crippen LogP contribution in [0.1, 0.15) is 33.1 Å². The number of amides is 1. The number of carboxylic acid groups (broad SMARTS) is 1. The summed E-state index contributed by atoms with van der Waals surface area (Å²) < 4.78 is 5.18. The van der Waals surface area contributed by atoms with Gasteiger partial charge in [0.05, 0.1) is 18.6 Å². The maximum Gasteiger partial charge on any atom is 0.326 e. The molecule has 4 N–H and O–H groups in total. The van der Waals surface area contributed by atoms with E-state index in [2.05, 4.69) is 5.32 Å². The number of rotatable bonds is 6. The molecule has 0 aromatic rings. The average Bonchev–Trinajstić information content (AvgIpc) is 2.65. The molecule has 6 nitrogen and oxygen atoms in total. The summed E-state index contributed by atoms with van der Waals surface area (Å²) in [6, 6.07) is -1.24. The molecule has 1 amide bonds. The highest BCUT2D eigenvalue weighted by molar-refractivity contribution is 5.88. The van der Waals surface area contributed by atoms with Gasteiger partial charge < -0.3 is 20.9 Å². The minimum atomic E-state index is -1.01. The predicted molar refractivity (Wildman–Crippen MR) is 66.0 cm³/mol. The van der Waals surface area contributed by atoms with E-state index in [1.165, 1.54) is 0 Å². The molecule has 0 radical (unpaired) electrons. The first-order valence-electron chi connectivity index (χ1n) is 6.29. The third-order valence-corrected chi connectivity index (χ3v) is 3.49. The normalized spacial score (nSPS) is 28.9. The maximum atomic E-state index is 12.1. The van der Waals surface area contributed by atoms with Crippen LogP contribution in [-0.2, 0) is 14.3 Å². The molecule has 0 bridgehead atoms. The van der Waals surface area contributed by atoms with Crippen LogP contribution in [0.15, 0.2) is 0 Å². The van der Waals surface area contributed by atoms with E-state index in [0.29, 0.717) is 13.0 Å². The summed E-state index contributed by atoms with van der Waals surface area (Å²) in [7, 11) is 0. The van der Waals surface area contributed by atoms with Crippen molar-refractivity contribution < 1.29 is 19.4 Å². The average molecular weight is 258 g/mol. The molecule has 0 aromatic carbocycles. The van der Waals surface area contributed by atoms with E-state index in [0.717, 1.165) is 12.8 Å². The number of nitrogens with two attached hydrogens (primary N) is 1. The zero-order valence-electron chi connectivity index (χ0n) is 10.9. The highest BCUT2D eigenvalue weighted by Crippen LogP contribution is 2.27. The SMILES string of the molecule is CCCCC(NC(=O)C1(C)COCC1N)C(=O)O. The highest BCUT2D eigenvalue weighted by atomic mass is 16.5. The van der Waals surface area contributed by atoms with Crippen LogP contribution in [0.5, 0.6) is 0 Å². The quantitative estimate of drug-likeness (QED) is 0.627. The van der Waals surface area contributed by atoms with E-state index >= 15 is 0 Å². The first-order valence-corrected chi connectivity index (χ1v) is 6.29. The number of unbranched alkanes of at least 4 members (excludes halogenated alkanes) is 1. The molecule has 18 heavy (non-hydrogen) atoms. The number of ether oxygens (including phenoxy) is 1. The Morgan fingerprint density at radius 2 is 2.28 bits per heavy atom. The Labute approximate surface area is 107 Å². The molecule has 104 valence electrons. The molecule has 1 fully saturated rings. The molecule has 0 aromatic heterocycles. The Morgan fingerprint density at radius 1 is 1.61 bits per heavy atom. The molecular weight excluding hydrogens is 236 g/mol. The van der Waals surface area contributed by atoms with E-state index in [1.807, 2.05) is 6.92 Å². The smallest absolute Gasteiger partial charge is 0.326 e. The first-order chi connectivity index (χ1) is 8.41. The van der Waals surface area contributed by atoms with Crippen molar-refractivity contribution in [3.63, 3.8) is 0 Å². The van der Waals surface area contributed by atoms with Gasteiger partial charge in [-0.2, -0.15) is 0 Å². The lowest BCUT2D eigenvalue weighted by molar-refractivity contribution is -0.144. The minimum absolute atomic E-state index is 0.236. The van der Waals surface area contributed by atoms with Crippen molar-refractivity contribution in [3.8, 4) is 0 Å². The van der Waals surface area contributed by atoms with Gasteiger partial charge in [0.25, 0.3) is 0 Å². The summed E-state index contributed by atoms with van der Waals surface area (Å²) in [5, 5.41) is 11.6. The number of hydrogen-bond donors (Lipinski definition) is 3. The van der Waals surface area contributed by atoms with Gasteiger partial charge in [0, 0.05) is 6.04 Å². The maximum absolute atomic E-state index is 12.1. The summed E-state index contributed by atoms with van der Waals surface area (Å²) in [6.45, 7) is 4.25. The van der Waals surface area contributed by atoms with Gasteiger partial charge in [0.15, 0.2) is 0 Å². The molecule has 0 spiro atoms. The second-order valence-corrected chi connectivity index (χ2v) is 5.05. The number of carboxylic acids is 1. The molecule has 1 aliphatic rings. The molecular formula is C12H22N2O4. The monoisotopic (exact) mass is 258 g/mol. The van der Waals surface area contributed by atoms with E-state index in [4.69, 9.17) is 15.6 Å². The molecule has 3 atom stereocenters. The lowest BCUT2D eigenvalue weighted by atomic mass is 9.84. The predicted octanol–water partition coefficient (Wildman–Crippen LogP) is 0.110. The molecule has 0 saturated carbocycles. The van der Waals surface area contributed by atoms with Gasteiger partial charge in [0.2, 0.25) is 5.91 Å². The van der Waals surface area contributed by atoms with Crippen molar-refractivity contribution in [2.75, 3.05) is 13.2 Å². The van der Waals surface area contributed by atoms with Gasteiger partial charge >= 0.3 is 5.97 Å². The van der Waals surface area contributed by atoms with Gasteiger partial charge in [-0.15, -0.1) is 0 Å². The van der Waals surface area contributed by atoms with E-state index in [1.54, 1.807) is 6.92 Å². The Kier molecular flexibility index (Phi) is 5.10. The number of nitrogens with one attached hydrogen (secondary N) is 1. The standard InChI is InChI=1S/C12H22N2O4/c1-3-4-5-8(10(15)16)14-11(17)12(2)7-18-6-9(12)13/h8-9H,3-7,13H2,1-2H3,(H,14,17)(H,15,16). The summed E-state index contributed by atoms with van der Waals surface area (Å²) in [5.74, 6) is -1.34. The number of carbonyl (C=O) groups is 2. The fraction of sp³-hybridized carbons (Fsp3) is 0.833. The highest BCUT2D eigenvalue weighted by Gasteiger charge is 2.45. The van der Waals surface area contributed by atoms with Crippen LogP contribution in [0.3, 0.4) is 0 Å². The fourth-order valence-electron chi connectivity index (χ4n) is 1.91. The Hall–Kier alpha value is -1.14. The van der Waals surface area contributed by atoms with Crippen LogP contribution in [0, 0.1) is 5.41 Å². The summed E-state index contributed by atoms with van der Waals surface area (Å²) in [4.78, 5) is 23.2. The lowest BCUT2D eigenvalue weighted by Gasteiger charge is -2.27. The summed E-state index contributed by atoms with van der Waals surface area (Å²) in [6.07, 6.45) is 2.08. The fourth-order valence-corrected chi connectivity index (χ4v) is 1.91. The van der Waals surface area contributed by atoms with E-state index in [-0.39, 0.29) is 12.5 Å². The van der Waals surface area contributed by atoms with Crippen molar-refractivity contribution in [2.24, 2.45) is 11.1 Å². The van der Waals surface area contributed by atoms with Crippen molar-refractivity contribution in [3.05, 3.63) is 0 Å². The van der Waals surface area contributed by atoms with Crippen LogP contribution in [-0.4, -0.2) is 42.3 Å². The van der Waals surface area contributed by atoms with Crippen molar-refractivity contribution in [1.82, 2.24) is 5.32 Å². The Morgan fingerprint density at radius 3 is 2.72 bits per heavy atom. The third-order valence-electron chi connectivity index (χ3n) is 3.49. The second kappa shape index (κ2) is 6.15. The van der Waals surface area contributed by atoms with Gasteiger partial charge in [-0.25, -0.2) is 4.79 Å². The van der Waals surface area contributed by atoms with Gasteiger partial charge in [0.1, 0.15) is 6.04 Å². The molecule has 0 aliphatic carbocycles. The van der Waals surface area contributed by atoms with Crippen molar-refractivity contribution in [2.45, 2.75) is 45.2 Å². The van der Waals surface area contributed by atoms with Crippen LogP contribution >= 0.6 is 0 Å². The second-order valence-electron chi connectivity index (χ2n) is 5.05. The van der Waals surface area contributed by atoms with Crippen LogP contribution in [0.4, 0.5) is 0 Å². The summed E-state index contributed by atoms with van der Waals surface area (Å²) in [5.41, 5.74) is 5.00. The van der Waals surface area contributed by atoms with Gasteiger partial charge in [-0.1, -0.05) is 19.8 Å². The minimum Gasteiger partial charge on any atom is -0.480 e. The van der Waals surface area contributed by atoms with Crippen molar-refractivity contribution in [1.29, 1.82) is 0 Å². The molecule has 1 aliphatic heterocycles. The number of hydrogen-bond acceptors (Lipinski definition) is 4. The summed E-state index contributed by atoms with van der Waals surface area (Å²) >= 11 is 0. The van der Waals surface area contributed by atoms with E-state index in [9.17, 15) is 9.59 Å². The topological polar surface area (TPSA) is 102 Å². The van der Waals surface area contributed by atoms with Crippen LogP contribution in [0.25, 0.3) is 0 Å². The van der Waals surface area contributed by atoms with Crippen LogP contribution < -0.4 is 11.1 Å². The Balaban J connectivity index is 2.63. The zero-order valence-corrected chi connectivity index (χ0v) is 10.9. The molecule has 3 unspecified atom stereocenters. The largest absolute Gasteiger partial charge is 0.480 e. The third kappa shape index (κ3) is 3.20. The Bertz CT molecular complexity index is 321. The number of aliphatic carboxylic acids is 1. The molecule has 6 heteroatoms. The van der Waals surface area contributed by atoms with Crippen LogP contribution in [0.2, 0.25) is 0 Å². The first kappa shape index (κ1) is 14.9. The number of carbonyl (C=O) groups excluding carboxylic acids is 1.